The van der Waals surface area contributed by atoms with Crippen molar-refractivity contribution in [2.75, 3.05) is 5.73 Å². The second-order valence-corrected chi connectivity index (χ2v) is 7.04. The van der Waals surface area contributed by atoms with E-state index in [9.17, 15) is 0 Å². The summed E-state index contributed by atoms with van der Waals surface area (Å²) in [6.45, 7) is 0.944. The Morgan fingerprint density at radius 1 is 0.947 bits per heavy atom. The lowest BCUT2D eigenvalue weighted by molar-refractivity contribution is -0.0142. The monoisotopic (exact) mass is 256 g/mol. The summed E-state index contributed by atoms with van der Waals surface area (Å²) >= 11 is 0. The number of anilines is 1. The van der Waals surface area contributed by atoms with E-state index in [1.54, 1.807) is 0 Å². The molecule has 4 saturated carbocycles. The molecule has 0 amide bonds. The molecule has 0 aliphatic heterocycles. The molecule has 2 nitrogen and oxygen atoms in total. The van der Waals surface area contributed by atoms with E-state index in [0.29, 0.717) is 0 Å². The van der Waals surface area contributed by atoms with Gasteiger partial charge in [0.25, 0.3) is 0 Å². The molecule has 0 atom stereocenters. The molecule has 19 heavy (non-hydrogen) atoms. The Morgan fingerprint density at radius 3 is 2.21 bits per heavy atom. The molecule has 0 radical (unpaired) electrons. The molecule has 3 N–H and O–H groups in total. The summed E-state index contributed by atoms with van der Waals surface area (Å²) < 4.78 is 0. The van der Waals surface area contributed by atoms with Gasteiger partial charge in [-0.2, -0.15) is 0 Å². The Labute approximate surface area is 115 Å². The number of nitrogens with two attached hydrogens (primary N) is 1. The molecule has 2 heteroatoms. The van der Waals surface area contributed by atoms with Crippen LogP contribution in [0.15, 0.2) is 24.3 Å². The van der Waals surface area contributed by atoms with Gasteiger partial charge in [0.15, 0.2) is 0 Å². The lowest BCUT2D eigenvalue weighted by atomic mass is 9.54. The fraction of sp³-hybridized carbons (Fsp3) is 0.647. The van der Waals surface area contributed by atoms with Gasteiger partial charge in [-0.1, -0.05) is 18.2 Å². The third-order valence-electron chi connectivity index (χ3n) is 5.81. The normalized spacial score (nSPS) is 39.7. The zero-order valence-electron chi connectivity index (χ0n) is 11.5. The molecule has 4 aliphatic rings. The van der Waals surface area contributed by atoms with Crippen LogP contribution in [0.25, 0.3) is 0 Å². The summed E-state index contributed by atoms with van der Waals surface area (Å²) in [5.74, 6) is 4.01. The predicted octanol–water partition coefficient (Wildman–Crippen LogP) is 3.18. The van der Waals surface area contributed by atoms with E-state index in [1.165, 1.54) is 37.7 Å². The van der Waals surface area contributed by atoms with Gasteiger partial charge in [0.2, 0.25) is 0 Å². The van der Waals surface area contributed by atoms with Crippen LogP contribution in [-0.4, -0.2) is 6.04 Å². The molecule has 0 aromatic heterocycles. The highest BCUT2D eigenvalue weighted by molar-refractivity contribution is 5.46. The summed E-state index contributed by atoms with van der Waals surface area (Å²) in [6.07, 6.45) is 7.46. The minimum atomic E-state index is 0.757. The third kappa shape index (κ3) is 2.06. The maximum atomic E-state index is 6.04. The van der Waals surface area contributed by atoms with E-state index in [1.807, 2.05) is 12.1 Å². The van der Waals surface area contributed by atoms with E-state index in [4.69, 9.17) is 5.73 Å². The molecule has 0 saturated heterocycles. The number of nitrogens with one attached hydrogen (secondary N) is 1. The SMILES string of the molecule is Nc1ccccc1CNC1C2CC3CC(C2)CC1C3. The highest BCUT2D eigenvalue weighted by Gasteiger charge is 2.47. The minimum Gasteiger partial charge on any atom is -0.398 e. The fourth-order valence-electron chi connectivity index (χ4n) is 5.18. The Balaban J connectivity index is 1.45. The first-order valence-electron chi connectivity index (χ1n) is 7.86. The summed E-state index contributed by atoms with van der Waals surface area (Å²) in [7, 11) is 0. The van der Waals surface area contributed by atoms with Crippen LogP contribution >= 0.6 is 0 Å². The lowest BCUT2D eigenvalue weighted by Crippen LogP contribution is -2.54. The smallest absolute Gasteiger partial charge is 0.0359 e. The first-order chi connectivity index (χ1) is 9.29. The predicted molar refractivity (Wildman–Crippen MR) is 78.5 cm³/mol. The average molecular weight is 256 g/mol. The number of hydrogen-bond acceptors (Lipinski definition) is 2. The number of para-hydroxylation sites is 1. The molecular weight excluding hydrogens is 232 g/mol. The molecule has 0 heterocycles. The van der Waals surface area contributed by atoms with Crippen LogP contribution in [0.1, 0.15) is 37.7 Å². The van der Waals surface area contributed by atoms with Crippen molar-refractivity contribution in [2.45, 2.75) is 44.7 Å². The molecule has 1 aromatic carbocycles. The zero-order chi connectivity index (χ0) is 12.8. The van der Waals surface area contributed by atoms with Crippen LogP contribution in [0, 0.1) is 23.7 Å². The zero-order valence-corrected chi connectivity index (χ0v) is 11.5. The van der Waals surface area contributed by atoms with Gasteiger partial charge in [0.05, 0.1) is 0 Å². The topological polar surface area (TPSA) is 38.0 Å². The lowest BCUT2D eigenvalue weighted by Gasteiger charge is -2.54. The molecule has 1 aromatic rings. The van der Waals surface area contributed by atoms with Crippen molar-refractivity contribution in [3.8, 4) is 0 Å². The van der Waals surface area contributed by atoms with Crippen molar-refractivity contribution in [3.63, 3.8) is 0 Å². The summed E-state index contributed by atoms with van der Waals surface area (Å²) in [6, 6.07) is 9.02. The average Bonchev–Trinajstić information content (AvgIpc) is 2.39. The van der Waals surface area contributed by atoms with Gasteiger partial charge < -0.3 is 11.1 Å². The third-order valence-corrected chi connectivity index (χ3v) is 5.81. The Morgan fingerprint density at radius 2 is 1.58 bits per heavy atom. The Bertz CT molecular complexity index is 440. The quantitative estimate of drug-likeness (QED) is 0.815. The van der Waals surface area contributed by atoms with Gasteiger partial charge in [-0.25, -0.2) is 0 Å². The molecule has 4 fully saturated rings. The minimum absolute atomic E-state index is 0.757. The molecule has 5 rings (SSSR count). The maximum Gasteiger partial charge on any atom is 0.0359 e. The van der Waals surface area contributed by atoms with E-state index < -0.39 is 0 Å². The molecule has 4 bridgehead atoms. The molecule has 4 aliphatic carbocycles. The van der Waals surface area contributed by atoms with Crippen LogP contribution in [0.5, 0.6) is 0 Å². The number of hydrogen-bond donors (Lipinski definition) is 2. The molecule has 0 spiro atoms. The van der Waals surface area contributed by atoms with Gasteiger partial charge >= 0.3 is 0 Å². The summed E-state index contributed by atoms with van der Waals surface area (Å²) in [5.41, 5.74) is 8.23. The Hall–Kier alpha value is -1.02. The van der Waals surface area contributed by atoms with Crippen molar-refractivity contribution in [1.82, 2.24) is 5.32 Å². The van der Waals surface area contributed by atoms with Crippen LogP contribution < -0.4 is 11.1 Å². The first-order valence-corrected chi connectivity index (χ1v) is 7.86. The van der Waals surface area contributed by atoms with Gasteiger partial charge in [-0.3, -0.25) is 0 Å². The summed E-state index contributed by atoms with van der Waals surface area (Å²) in [4.78, 5) is 0. The van der Waals surface area contributed by atoms with Crippen LogP contribution in [0.2, 0.25) is 0 Å². The van der Waals surface area contributed by atoms with Crippen molar-refractivity contribution in [2.24, 2.45) is 23.7 Å². The number of nitrogen functional groups attached to an aromatic ring is 1. The van der Waals surface area contributed by atoms with Gasteiger partial charge in [0.1, 0.15) is 0 Å². The Kier molecular flexibility index (Phi) is 2.80. The van der Waals surface area contributed by atoms with Gasteiger partial charge in [-0.05, 0) is 67.4 Å². The second kappa shape index (κ2) is 4.52. The van der Waals surface area contributed by atoms with E-state index in [0.717, 1.165) is 41.9 Å². The molecular formula is C17H24N2. The summed E-state index contributed by atoms with van der Waals surface area (Å²) in [5, 5.41) is 3.84. The molecule has 0 unspecified atom stereocenters. The largest absolute Gasteiger partial charge is 0.398 e. The van der Waals surface area contributed by atoms with Crippen molar-refractivity contribution >= 4 is 5.69 Å². The van der Waals surface area contributed by atoms with Crippen LogP contribution in [0.3, 0.4) is 0 Å². The van der Waals surface area contributed by atoms with Crippen molar-refractivity contribution < 1.29 is 0 Å². The second-order valence-electron chi connectivity index (χ2n) is 7.04. The fourth-order valence-corrected chi connectivity index (χ4v) is 5.18. The van der Waals surface area contributed by atoms with Crippen LogP contribution in [0.4, 0.5) is 5.69 Å². The highest BCUT2D eigenvalue weighted by atomic mass is 14.9. The number of rotatable bonds is 3. The first kappa shape index (κ1) is 11.8. The van der Waals surface area contributed by atoms with Gasteiger partial charge in [0, 0.05) is 18.3 Å². The van der Waals surface area contributed by atoms with E-state index in [2.05, 4.69) is 17.4 Å². The van der Waals surface area contributed by atoms with Crippen LogP contribution in [-0.2, 0) is 6.54 Å². The number of benzene rings is 1. The van der Waals surface area contributed by atoms with E-state index >= 15 is 0 Å². The van der Waals surface area contributed by atoms with Crippen molar-refractivity contribution in [1.29, 1.82) is 0 Å². The standard InChI is InChI=1S/C17H24N2/c18-16-4-2-1-3-13(16)10-19-17-14-6-11-5-12(8-14)9-15(17)7-11/h1-4,11-12,14-15,17,19H,5-10,18H2. The van der Waals surface area contributed by atoms with E-state index in [-0.39, 0.29) is 0 Å². The maximum absolute atomic E-state index is 6.04. The molecule has 102 valence electrons. The van der Waals surface area contributed by atoms with Gasteiger partial charge in [-0.15, -0.1) is 0 Å². The van der Waals surface area contributed by atoms with Crippen molar-refractivity contribution in [3.05, 3.63) is 29.8 Å². The highest BCUT2D eigenvalue weighted by Crippen LogP contribution is 2.53.